The van der Waals surface area contributed by atoms with E-state index in [9.17, 15) is 5.11 Å². The van der Waals surface area contributed by atoms with Crippen molar-refractivity contribution in [2.45, 2.75) is 65.8 Å². The third kappa shape index (κ3) is 4.59. The van der Waals surface area contributed by atoms with Crippen molar-refractivity contribution in [2.75, 3.05) is 13.2 Å². The van der Waals surface area contributed by atoms with Crippen LogP contribution < -0.4 is 5.32 Å². The summed E-state index contributed by atoms with van der Waals surface area (Å²) < 4.78 is 0. The van der Waals surface area contributed by atoms with Gasteiger partial charge in [-0.1, -0.05) is 27.7 Å². The third-order valence-electron chi connectivity index (χ3n) is 4.42. The fourth-order valence-electron chi connectivity index (χ4n) is 3.10. The van der Waals surface area contributed by atoms with E-state index in [0.717, 1.165) is 18.9 Å². The van der Waals surface area contributed by atoms with Crippen molar-refractivity contribution in [3.05, 3.63) is 0 Å². The molecule has 2 N–H and O–H groups in total. The lowest BCUT2D eigenvalue weighted by Crippen LogP contribution is -2.42. The number of rotatable bonds is 5. The van der Waals surface area contributed by atoms with E-state index in [4.69, 9.17) is 0 Å². The quantitative estimate of drug-likeness (QED) is 0.775. The van der Waals surface area contributed by atoms with E-state index in [0.29, 0.717) is 24.0 Å². The first-order valence-electron chi connectivity index (χ1n) is 7.33. The molecule has 0 saturated heterocycles. The smallest absolute Gasteiger partial charge is 0.0587 e. The molecule has 1 atom stereocenters. The molecule has 0 aliphatic heterocycles. The van der Waals surface area contributed by atoms with Gasteiger partial charge in [0, 0.05) is 6.04 Å². The summed E-state index contributed by atoms with van der Waals surface area (Å²) in [4.78, 5) is 0. The van der Waals surface area contributed by atoms with Crippen LogP contribution in [-0.2, 0) is 0 Å². The number of hydrogen-bond donors (Lipinski definition) is 2. The fourth-order valence-corrected chi connectivity index (χ4v) is 3.10. The van der Waals surface area contributed by atoms with Crippen LogP contribution in [0.25, 0.3) is 0 Å². The zero-order chi connectivity index (χ0) is 12.9. The average Bonchev–Trinajstić information content (AvgIpc) is 2.29. The Hall–Kier alpha value is -0.0800. The molecule has 0 radical (unpaired) electrons. The van der Waals surface area contributed by atoms with Gasteiger partial charge in [0.15, 0.2) is 0 Å². The maximum atomic E-state index is 9.47. The highest BCUT2D eigenvalue weighted by molar-refractivity contribution is 4.85. The molecule has 1 fully saturated rings. The van der Waals surface area contributed by atoms with Gasteiger partial charge < -0.3 is 10.4 Å². The second-order valence-corrected chi connectivity index (χ2v) is 6.72. The minimum atomic E-state index is 0.296. The fraction of sp³-hybridized carbons (Fsp3) is 1.00. The Labute approximate surface area is 107 Å². The minimum Gasteiger partial charge on any atom is -0.395 e. The molecular formula is C15H31NO. The molecule has 0 aromatic rings. The SMILES string of the molecule is CCCNC(CO)C1CCC(C(C)(C)C)CC1. The van der Waals surface area contributed by atoms with Gasteiger partial charge in [0.2, 0.25) is 0 Å². The minimum absolute atomic E-state index is 0.296. The molecule has 1 aliphatic carbocycles. The third-order valence-corrected chi connectivity index (χ3v) is 4.42. The zero-order valence-electron chi connectivity index (χ0n) is 12.1. The number of aliphatic hydroxyl groups is 1. The van der Waals surface area contributed by atoms with E-state index in [1.165, 1.54) is 25.7 Å². The molecule has 1 aliphatic rings. The van der Waals surface area contributed by atoms with E-state index in [1.54, 1.807) is 0 Å². The molecule has 0 aromatic carbocycles. The van der Waals surface area contributed by atoms with Crippen LogP contribution in [0, 0.1) is 17.3 Å². The van der Waals surface area contributed by atoms with Crippen molar-refractivity contribution in [2.24, 2.45) is 17.3 Å². The number of nitrogens with one attached hydrogen (secondary N) is 1. The molecule has 2 heteroatoms. The summed E-state index contributed by atoms with van der Waals surface area (Å²) in [6.07, 6.45) is 6.37. The largest absolute Gasteiger partial charge is 0.395 e. The molecule has 0 bridgehead atoms. The second-order valence-electron chi connectivity index (χ2n) is 6.72. The zero-order valence-corrected chi connectivity index (χ0v) is 12.1. The van der Waals surface area contributed by atoms with E-state index in [1.807, 2.05) is 0 Å². The van der Waals surface area contributed by atoms with Crippen molar-refractivity contribution in [3.63, 3.8) is 0 Å². The van der Waals surface area contributed by atoms with Crippen LogP contribution in [0.3, 0.4) is 0 Å². The summed E-state index contributed by atoms with van der Waals surface area (Å²) in [6.45, 7) is 10.6. The average molecular weight is 241 g/mol. The molecule has 2 nitrogen and oxygen atoms in total. The standard InChI is InChI=1S/C15H31NO/c1-5-10-16-14(11-17)12-6-8-13(9-7-12)15(2,3)4/h12-14,16-17H,5-11H2,1-4H3. The normalized spacial score (nSPS) is 28.1. The van der Waals surface area contributed by atoms with Gasteiger partial charge in [0.1, 0.15) is 0 Å². The summed E-state index contributed by atoms with van der Waals surface area (Å²) in [5.41, 5.74) is 0.455. The van der Waals surface area contributed by atoms with Crippen LogP contribution >= 0.6 is 0 Å². The highest BCUT2D eigenvalue weighted by atomic mass is 16.3. The lowest BCUT2D eigenvalue weighted by atomic mass is 9.68. The first kappa shape index (κ1) is 15.0. The van der Waals surface area contributed by atoms with E-state index < -0.39 is 0 Å². The highest BCUT2D eigenvalue weighted by Crippen LogP contribution is 2.40. The summed E-state index contributed by atoms with van der Waals surface area (Å²) in [6, 6.07) is 0.330. The number of aliphatic hydroxyl groups excluding tert-OH is 1. The van der Waals surface area contributed by atoms with Crippen LogP contribution in [0.2, 0.25) is 0 Å². The molecule has 1 saturated carbocycles. The Bertz CT molecular complexity index is 201. The molecule has 17 heavy (non-hydrogen) atoms. The van der Waals surface area contributed by atoms with Gasteiger partial charge in [0.25, 0.3) is 0 Å². The van der Waals surface area contributed by atoms with Crippen LogP contribution in [0.1, 0.15) is 59.8 Å². The summed E-state index contributed by atoms with van der Waals surface area (Å²) in [5.74, 6) is 1.55. The Morgan fingerprint density at radius 2 is 1.76 bits per heavy atom. The Morgan fingerprint density at radius 1 is 1.18 bits per heavy atom. The maximum Gasteiger partial charge on any atom is 0.0587 e. The molecule has 0 spiro atoms. The molecule has 1 unspecified atom stereocenters. The molecule has 0 aromatic heterocycles. The molecular weight excluding hydrogens is 210 g/mol. The lowest BCUT2D eigenvalue weighted by Gasteiger charge is -2.39. The van der Waals surface area contributed by atoms with Gasteiger partial charge >= 0.3 is 0 Å². The summed E-state index contributed by atoms with van der Waals surface area (Å²) >= 11 is 0. The van der Waals surface area contributed by atoms with Gasteiger partial charge in [-0.25, -0.2) is 0 Å². The van der Waals surface area contributed by atoms with E-state index in [-0.39, 0.29) is 0 Å². The lowest BCUT2D eigenvalue weighted by molar-refractivity contribution is 0.110. The molecule has 1 rings (SSSR count). The first-order valence-corrected chi connectivity index (χ1v) is 7.33. The van der Waals surface area contributed by atoms with E-state index >= 15 is 0 Å². The van der Waals surface area contributed by atoms with Gasteiger partial charge in [0.05, 0.1) is 6.61 Å². The van der Waals surface area contributed by atoms with Crippen LogP contribution in [0.4, 0.5) is 0 Å². The Kier molecular flexibility index (Phi) is 5.94. The molecule has 102 valence electrons. The van der Waals surface area contributed by atoms with Gasteiger partial charge in [-0.05, 0) is 55.9 Å². The van der Waals surface area contributed by atoms with Crippen molar-refractivity contribution < 1.29 is 5.11 Å². The monoisotopic (exact) mass is 241 g/mol. The number of hydrogen-bond acceptors (Lipinski definition) is 2. The highest BCUT2D eigenvalue weighted by Gasteiger charge is 2.32. The Balaban J connectivity index is 2.39. The van der Waals surface area contributed by atoms with Crippen molar-refractivity contribution in [1.82, 2.24) is 5.32 Å². The van der Waals surface area contributed by atoms with Crippen LogP contribution in [0.5, 0.6) is 0 Å². The van der Waals surface area contributed by atoms with Crippen LogP contribution in [-0.4, -0.2) is 24.3 Å². The molecule has 0 heterocycles. The first-order chi connectivity index (χ1) is 7.99. The molecule has 0 amide bonds. The predicted octanol–water partition coefficient (Wildman–Crippen LogP) is 3.20. The summed E-state index contributed by atoms with van der Waals surface area (Å²) in [5, 5.41) is 13.0. The maximum absolute atomic E-state index is 9.47. The summed E-state index contributed by atoms with van der Waals surface area (Å²) in [7, 11) is 0. The van der Waals surface area contributed by atoms with Gasteiger partial charge in [-0.3, -0.25) is 0 Å². The predicted molar refractivity (Wildman–Crippen MR) is 74.1 cm³/mol. The van der Waals surface area contributed by atoms with E-state index in [2.05, 4.69) is 33.0 Å². The van der Waals surface area contributed by atoms with Gasteiger partial charge in [-0.2, -0.15) is 0 Å². The van der Waals surface area contributed by atoms with Crippen molar-refractivity contribution in [3.8, 4) is 0 Å². The second kappa shape index (κ2) is 6.75. The van der Waals surface area contributed by atoms with Crippen LogP contribution in [0.15, 0.2) is 0 Å². The van der Waals surface area contributed by atoms with Crippen molar-refractivity contribution in [1.29, 1.82) is 0 Å². The van der Waals surface area contributed by atoms with Crippen molar-refractivity contribution >= 4 is 0 Å². The van der Waals surface area contributed by atoms with Gasteiger partial charge in [-0.15, -0.1) is 0 Å². The Morgan fingerprint density at radius 3 is 2.18 bits per heavy atom. The topological polar surface area (TPSA) is 32.3 Å².